The molecular weight excluding hydrogens is 224 g/mol. The Bertz CT molecular complexity index is 439. The Balaban J connectivity index is 3.33. The Morgan fingerprint density at radius 3 is 1.83 bits per heavy atom. The summed E-state index contributed by atoms with van der Waals surface area (Å²) >= 11 is 0. The Morgan fingerprint density at radius 2 is 1.50 bits per heavy atom. The molecule has 0 aliphatic carbocycles. The number of hydrogen-bond donors (Lipinski definition) is 0. The van der Waals surface area contributed by atoms with E-state index < -0.39 is 0 Å². The first kappa shape index (κ1) is 14.5. The average Bonchev–Trinajstić information content (AvgIpc) is 2.23. The summed E-state index contributed by atoms with van der Waals surface area (Å²) in [5, 5.41) is 3.64. The monoisotopic (exact) mass is 246 g/mol. The minimum absolute atomic E-state index is 0.00757. The third-order valence-corrected chi connectivity index (χ3v) is 2.74. The lowest BCUT2D eigenvalue weighted by atomic mass is 9.86. The Morgan fingerprint density at radius 1 is 1.06 bits per heavy atom. The standard InChI is InChI=1S/C14H22N4/c1-13(2,3)11-7-10(9-16-18-15)8-12(17-11)14(4,5)6/h7-8H,9H2,1-6H3. The lowest BCUT2D eigenvalue weighted by molar-refractivity contribution is 0.529. The number of hydrogen-bond acceptors (Lipinski definition) is 2. The molecule has 1 aromatic heterocycles. The number of azide groups is 1. The molecule has 0 aliphatic rings. The van der Waals surface area contributed by atoms with Crippen LogP contribution in [0.4, 0.5) is 0 Å². The maximum absolute atomic E-state index is 8.43. The van der Waals surface area contributed by atoms with E-state index in [0.717, 1.165) is 17.0 Å². The summed E-state index contributed by atoms with van der Waals surface area (Å²) in [6.45, 7) is 13.2. The molecule has 0 saturated heterocycles. The van der Waals surface area contributed by atoms with Crippen molar-refractivity contribution in [2.75, 3.05) is 0 Å². The molecule has 0 bridgehead atoms. The summed E-state index contributed by atoms with van der Waals surface area (Å²) < 4.78 is 0. The van der Waals surface area contributed by atoms with E-state index in [1.54, 1.807) is 0 Å². The van der Waals surface area contributed by atoms with Crippen LogP contribution in [0.3, 0.4) is 0 Å². The van der Waals surface area contributed by atoms with Gasteiger partial charge in [-0.3, -0.25) is 4.98 Å². The molecule has 0 saturated carbocycles. The van der Waals surface area contributed by atoms with Crippen LogP contribution in [0.1, 0.15) is 58.5 Å². The van der Waals surface area contributed by atoms with E-state index >= 15 is 0 Å². The molecule has 0 aromatic carbocycles. The van der Waals surface area contributed by atoms with Crippen molar-refractivity contribution in [2.45, 2.75) is 58.9 Å². The van der Waals surface area contributed by atoms with Crippen molar-refractivity contribution in [2.24, 2.45) is 5.11 Å². The molecule has 0 aliphatic heterocycles. The van der Waals surface area contributed by atoms with Gasteiger partial charge in [0, 0.05) is 27.1 Å². The number of rotatable bonds is 2. The van der Waals surface area contributed by atoms with Gasteiger partial charge >= 0.3 is 0 Å². The van der Waals surface area contributed by atoms with Crippen LogP contribution in [0.5, 0.6) is 0 Å². The van der Waals surface area contributed by atoms with Crippen molar-refractivity contribution in [3.63, 3.8) is 0 Å². The molecule has 98 valence electrons. The number of aromatic nitrogens is 1. The maximum Gasteiger partial charge on any atom is 0.0512 e. The van der Waals surface area contributed by atoms with Gasteiger partial charge in [0.05, 0.1) is 6.54 Å². The van der Waals surface area contributed by atoms with Crippen LogP contribution in [-0.2, 0) is 17.4 Å². The van der Waals surface area contributed by atoms with Crippen LogP contribution in [0.15, 0.2) is 17.2 Å². The molecule has 4 nitrogen and oxygen atoms in total. The van der Waals surface area contributed by atoms with Crippen LogP contribution in [0.25, 0.3) is 10.4 Å². The molecule has 0 amide bonds. The van der Waals surface area contributed by atoms with E-state index in [-0.39, 0.29) is 10.8 Å². The Hall–Kier alpha value is -1.54. The Labute approximate surface area is 109 Å². The average molecular weight is 246 g/mol. The maximum atomic E-state index is 8.43. The number of pyridine rings is 1. The lowest BCUT2D eigenvalue weighted by Crippen LogP contribution is -2.20. The van der Waals surface area contributed by atoms with E-state index in [1.165, 1.54) is 0 Å². The van der Waals surface area contributed by atoms with Crippen molar-refractivity contribution in [3.8, 4) is 0 Å². The topological polar surface area (TPSA) is 61.7 Å². The van der Waals surface area contributed by atoms with E-state index in [1.807, 2.05) is 12.1 Å². The Kier molecular flexibility index (Phi) is 4.02. The second-order valence-corrected chi connectivity index (χ2v) is 6.63. The second kappa shape index (κ2) is 4.99. The van der Waals surface area contributed by atoms with E-state index in [4.69, 9.17) is 10.5 Å². The van der Waals surface area contributed by atoms with Crippen molar-refractivity contribution in [1.29, 1.82) is 0 Å². The summed E-state index contributed by atoms with van der Waals surface area (Å²) in [6, 6.07) is 4.06. The molecule has 0 radical (unpaired) electrons. The number of nitrogens with zero attached hydrogens (tertiary/aromatic N) is 4. The molecule has 0 fully saturated rings. The van der Waals surface area contributed by atoms with Gasteiger partial charge < -0.3 is 0 Å². The molecule has 1 aromatic rings. The molecule has 0 N–H and O–H groups in total. The van der Waals surface area contributed by atoms with E-state index in [9.17, 15) is 0 Å². The van der Waals surface area contributed by atoms with Crippen LogP contribution >= 0.6 is 0 Å². The van der Waals surface area contributed by atoms with Crippen LogP contribution in [0.2, 0.25) is 0 Å². The predicted molar refractivity (Wildman–Crippen MR) is 74.5 cm³/mol. The van der Waals surface area contributed by atoms with Gasteiger partial charge in [-0.25, -0.2) is 0 Å². The third-order valence-electron chi connectivity index (χ3n) is 2.74. The second-order valence-electron chi connectivity index (χ2n) is 6.63. The van der Waals surface area contributed by atoms with Gasteiger partial charge in [-0.15, -0.1) is 0 Å². The van der Waals surface area contributed by atoms with E-state index in [2.05, 4.69) is 51.6 Å². The fourth-order valence-corrected chi connectivity index (χ4v) is 1.56. The molecule has 1 heterocycles. The van der Waals surface area contributed by atoms with Crippen LogP contribution < -0.4 is 0 Å². The summed E-state index contributed by atoms with van der Waals surface area (Å²) in [4.78, 5) is 7.57. The van der Waals surface area contributed by atoms with Gasteiger partial charge in [-0.2, -0.15) is 0 Å². The smallest absolute Gasteiger partial charge is 0.0512 e. The van der Waals surface area contributed by atoms with Gasteiger partial charge in [0.1, 0.15) is 0 Å². The molecule has 18 heavy (non-hydrogen) atoms. The minimum atomic E-state index is -0.00757. The van der Waals surface area contributed by atoms with E-state index in [0.29, 0.717) is 6.54 Å². The van der Waals surface area contributed by atoms with Crippen molar-refractivity contribution in [3.05, 3.63) is 39.5 Å². The summed E-state index contributed by atoms with van der Waals surface area (Å²) in [7, 11) is 0. The van der Waals surface area contributed by atoms with Gasteiger partial charge in [-0.05, 0) is 23.2 Å². The highest BCUT2D eigenvalue weighted by molar-refractivity contribution is 5.28. The first-order valence-electron chi connectivity index (χ1n) is 6.17. The fourth-order valence-electron chi connectivity index (χ4n) is 1.56. The third kappa shape index (κ3) is 3.74. The first-order valence-corrected chi connectivity index (χ1v) is 6.17. The van der Waals surface area contributed by atoms with Crippen LogP contribution in [0, 0.1) is 0 Å². The van der Waals surface area contributed by atoms with Crippen molar-refractivity contribution in [1.82, 2.24) is 4.98 Å². The molecule has 0 spiro atoms. The normalized spacial score (nSPS) is 12.1. The van der Waals surface area contributed by atoms with Gasteiger partial charge in [-0.1, -0.05) is 46.7 Å². The zero-order valence-electron chi connectivity index (χ0n) is 12.2. The zero-order valence-corrected chi connectivity index (χ0v) is 12.2. The highest BCUT2D eigenvalue weighted by Gasteiger charge is 2.21. The quantitative estimate of drug-likeness (QED) is 0.431. The summed E-state index contributed by atoms with van der Waals surface area (Å²) in [5.74, 6) is 0. The highest BCUT2D eigenvalue weighted by atomic mass is 15.1. The first-order chi connectivity index (χ1) is 8.14. The van der Waals surface area contributed by atoms with Gasteiger partial charge in [0.25, 0.3) is 0 Å². The van der Waals surface area contributed by atoms with Crippen molar-refractivity contribution < 1.29 is 0 Å². The molecule has 0 atom stereocenters. The largest absolute Gasteiger partial charge is 0.257 e. The lowest BCUT2D eigenvalue weighted by Gasteiger charge is -2.24. The summed E-state index contributed by atoms with van der Waals surface area (Å²) in [5.41, 5.74) is 11.5. The molecular formula is C14H22N4. The highest BCUT2D eigenvalue weighted by Crippen LogP contribution is 2.27. The fraction of sp³-hybridized carbons (Fsp3) is 0.643. The predicted octanol–water partition coefficient (Wildman–Crippen LogP) is 4.49. The zero-order chi connectivity index (χ0) is 14.0. The molecule has 1 rings (SSSR count). The molecule has 4 heteroatoms. The van der Waals surface area contributed by atoms with Crippen LogP contribution in [-0.4, -0.2) is 4.98 Å². The van der Waals surface area contributed by atoms with Gasteiger partial charge in [0.15, 0.2) is 0 Å². The molecule has 0 unspecified atom stereocenters. The minimum Gasteiger partial charge on any atom is -0.257 e. The summed E-state index contributed by atoms with van der Waals surface area (Å²) in [6.07, 6.45) is 0. The SMILES string of the molecule is CC(C)(C)c1cc(CN=[N+]=[N-])cc(C(C)(C)C)n1. The van der Waals surface area contributed by atoms with Crippen molar-refractivity contribution >= 4 is 0 Å². The van der Waals surface area contributed by atoms with Gasteiger partial charge in [0.2, 0.25) is 0 Å².